The monoisotopic (exact) mass is 438 g/mol. The maximum Gasteiger partial charge on any atom is 0.359 e. The molecule has 0 atom stereocenters. The number of hydrogen-bond donors (Lipinski definition) is 1. The summed E-state index contributed by atoms with van der Waals surface area (Å²) in [6.07, 6.45) is 3.21. The van der Waals surface area contributed by atoms with Crippen LogP contribution in [-0.4, -0.2) is 45.4 Å². The van der Waals surface area contributed by atoms with Crippen LogP contribution in [0.15, 0.2) is 36.4 Å². The predicted molar refractivity (Wildman–Crippen MR) is 116 cm³/mol. The molecule has 0 bridgehead atoms. The van der Waals surface area contributed by atoms with Gasteiger partial charge in [0.25, 0.3) is 5.91 Å². The van der Waals surface area contributed by atoms with E-state index in [0.717, 1.165) is 49.5 Å². The summed E-state index contributed by atoms with van der Waals surface area (Å²) in [7, 11) is 0. The molecule has 4 rings (SSSR count). The Morgan fingerprint density at radius 1 is 1.03 bits per heavy atom. The number of nitrogens with zero attached hydrogens (tertiary/aromatic N) is 5. The van der Waals surface area contributed by atoms with Crippen molar-refractivity contribution in [2.24, 2.45) is 0 Å². The van der Waals surface area contributed by atoms with Gasteiger partial charge < -0.3 is 15.0 Å². The van der Waals surface area contributed by atoms with Crippen molar-refractivity contribution >= 4 is 34.7 Å². The summed E-state index contributed by atoms with van der Waals surface area (Å²) in [4.78, 5) is 26.7. The quantitative estimate of drug-likeness (QED) is 0.560. The van der Waals surface area contributed by atoms with Crippen molar-refractivity contribution < 1.29 is 14.3 Å². The van der Waals surface area contributed by atoms with Crippen molar-refractivity contribution in [2.45, 2.75) is 32.8 Å². The lowest BCUT2D eigenvalue weighted by Gasteiger charge is -2.14. The Labute approximate surface area is 183 Å². The minimum Gasteiger partial charge on any atom is -0.453 e. The molecular weight excluding hydrogens is 416 g/mol. The molecule has 9 nitrogen and oxygen atoms in total. The van der Waals surface area contributed by atoms with Crippen molar-refractivity contribution in [1.82, 2.24) is 20.4 Å². The van der Waals surface area contributed by atoms with E-state index in [1.165, 1.54) is 5.56 Å². The van der Waals surface area contributed by atoms with Gasteiger partial charge in [-0.25, -0.2) is 4.79 Å². The number of amides is 1. The molecule has 3 heterocycles. The minimum atomic E-state index is -0.599. The number of carbonyl (C=O) groups excluding carboxylic acids is 2. The summed E-state index contributed by atoms with van der Waals surface area (Å²) in [5.74, 6) is -0.196. The fourth-order valence-corrected chi connectivity index (χ4v) is 3.81. The van der Waals surface area contributed by atoms with Gasteiger partial charge in [0, 0.05) is 18.8 Å². The van der Waals surface area contributed by atoms with E-state index in [1.54, 1.807) is 12.1 Å². The first-order valence-corrected chi connectivity index (χ1v) is 10.9. The highest BCUT2D eigenvalue weighted by atomic mass is 32.1. The molecule has 0 unspecified atom stereocenters. The molecule has 1 fully saturated rings. The summed E-state index contributed by atoms with van der Waals surface area (Å²) in [6, 6.07) is 11.0. The Morgan fingerprint density at radius 2 is 1.81 bits per heavy atom. The smallest absolute Gasteiger partial charge is 0.359 e. The highest BCUT2D eigenvalue weighted by Crippen LogP contribution is 2.18. The first-order valence-electron chi connectivity index (χ1n) is 10.1. The van der Waals surface area contributed by atoms with Crippen LogP contribution in [0.5, 0.6) is 0 Å². The molecule has 0 saturated carbocycles. The second-order valence-corrected chi connectivity index (χ2v) is 8.11. The van der Waals surface area contributed by atoms with Crippen LogP contribution in [0.4, 0.5) is 11.5 Å². The number of hydrogen-bond acceptors (Lipinski definition) is 9. The topological polar surface area (TPSA) is 110 Å². The Hall–Kier alpha value is -3.40. The molecule has 1 aliphatic heterocycles. The highest BCUT2D eigenvalue weighted by Gasteiger charge is 2.18. The number of benzene rings is 1. The molecule has 1 aliphatic rings. The van der Waals surface area contributed by atoms with Gasteiger partial charge in [-0.15, -0.1) is 20.4 Å². The molecular formula is C21H22N6O3S. The van der Waals surface area contributed by atoms with Gasteiger partial charge in [0.2, 0.25) is 5.01 Å². The average Bonchev–Trinajstić information content (AvgIpc) is 3.51. The highest BCUT2D eigenvalue weighted by molar-refractivity contribution is 7.13. The van der Waals surface area contributed by atoms with Gasteiger partial charge >= 0.3 is 5.97 Å². The largest absolute Gasteiger partial charge is 0.453 e. The van der Waals surface area contributed by atoms with Gasteiger partial charge in [0.1, 0.15) is 6.61 Å². The third kappa shape index (κ3) is 5.21. The molecule has 10 heteroatoms. The van der Waals surface area contributed by atoms with Crippen LogP contribution in [0, 0.1) is 0 Å². The van der Waals surface area contributed by atoms with Crippen molar-refractivity contribution in [3.05, 3.63) is 57.7 Å². The molecule has 1 N–H and O–H groups in total. The molecule has 0 radical (unpaired) electrons. The van der Waals surface area contributed by atoms with Crippen molar-refractivity contribution in [3.8, 4) is 0 Å². The lowest BCUT2D eigenvalue weighted by molar-refractivity contribution is 0.0463. The third-order valence-corrected chi connectivity index (χ3v) is 5.79. The first-order chi connectivity index (χ1) is 15.1. The second kappa shape index (κ2) is 9.61. The lowest BCUT2D eigenvalue weighted by atomic mass is 10.1. The number of aromatic nitrogens is 4. The summed E-state index contributed by atoms with van der Waals surface area (Å²) in [5.41, 5.74) is 2.00. The third-order valence-electron chi connectivity index (χ3n) is 4.90. The number of carbonyl (C=O) groups is 2. The normalized spacial score (nSPS) is 13.3. The first kappa shape index (κ1) is 20.9. The Morgan fingerprint density at radius 3 is 2.48 bits per heavy atom. The van der Waals surface area contributed by atoms with Crippen LogP contribution in [-0.2, 0) is 17.8 Å². The summed E-state index contributed by atoms with van der Waals surface area (Å²) < 4.78 is 5.24. The predicted octanol–water partition coefficient (Wildman–Crippen LogP) is 3.10. The fraction of sp³-hybridized carbons (Fsp3) is 0.333. The molecule has 1 aromatic carbocycles. The second-order valence-electron chi connectivity index (χ2n) is 7.05. The van der Waals surface area contributed by atoms with E-state index in [2.05, 4.69) is 37.5 Å². The van der Waals surface area contributed by atoms with Crippen LogP contribution in [0.25, 0.3) is 0 Å². The number of esters is 1. The summed E-state index contributed by atoms with van der Waals surface area (Å²) >= 11 is 1.07. The zero-order valence-electron chi connectivity index (χ0n) is 17.1. The molecule has 0 aliphatic carbocycles. The van der Waals surface area contributed by atoms with Crippen LogP contribution < -0.4 is 10.2 Å². The molecule has 1 saturated heterocycles. The SMILES string of the molecule is CCc1ccc(NC(=O)c2nnc(COC(=O)c3ccc(N4CCCC4)nn3)s2)cc1. The average molecular weight is 439 g/mol. The van der Waals surface area contributed by atoms with Gasteiger partial charge in [0.15, 0.2) is 16.5 Å². The van der Waals surface area contributed by atoms with E-state index < -0.39 is 5.97 Å². The van der Waals surface area contributed by atoms with Crippen molar-refractivity contribution in [1.29, 1.82) is 0 Å². The number of ether oxygens (including phenoxy) is 1. The Balaban J connectivity index is 1.30. The zero-order chi connectivity index (χ0) is 21.6. The van der Waals surface area contributed by atoms with E-state index in [1.807, 2.05) is 24.3 Å². The standard InChI is InChI=1S/C21H22N6O3S/c1-2-14-5-7-15(8-6-14)22-19(28)20-26-25-18(31-20)13-30-21(29)16-9-10-17(24-23-16)27-11-3-4-12-27/h5-10H,2-4,11-13H2,1H3,(H,22,28). The van der Waals surface area contributed by atoms with E-state index in [0.29, 0.717) is 10.7 Å². The number of nitrogens with one attached hydrogen (secondary N) is 1. The number of rotatable bonds is 7. The van der Waals surface area contributed by atoms with Gasteiger partial charge in [0.05, 0.1) is 0 Å². The molecule has 31 heavy (non-hydrogen) atoms. The summed E-state index contributed by atoms with van der Waals surface area (Å²) in [5, 5.41) is 19.3. The summed E-state index contributed by atoms with van der Waals surface area (Å²) in [6.45, 7) is 3.88. The number of anilines is 2. The molecule has 2 aromatic heterocycles. The van der Waals surface area contributed by atoms with Gasteiger partial charge in [-0.05, 0) is 49.1 Å². The van der Waals surface area contributed by atoms with E-state index in [-0.39, 0.29) is 23.2 Å². The van der Waals surface area contributed by atoms with E-state index in [4.69, 9.17) is 4.74 Å². The van der Waals surface area contributed by atoms with Crippen LogP contribution in [0.2, 0.25) is 0 Å². The Bertz CT molecular complexity index is 1050. The van der Waals surface area contributed by atoms with Gasteiger partial charge in [-0.1, -0.05) is 30.4 Å². The zero-order valence-corrected chi connectivity index (χ0v) is 17.9. The lowest BCUT2D eigenvalue weighted by Crippen LogP contribution is -2.20. The number of aryl methyl sites for hydroxylation is 1. The fourth-order valence-electron chi connectivity index (χ4n) is 3.16. The minimum absolute atomic E-state index is 0.0927. The maximum absolute atomic E-state index is 12.3. The van der Waals surface area contributed by atoms with Crippen LogP contribution >= 0.6 is 11.3 Å². The van der Waals surface area contributed by atoms with Gasteiger partial charge in [-0.3, -0.25) is 4.79 Å². The Kier molecular flexibility index (Phi) is 6.46. The van der Waals surface area contributed by atoms with Crippen molar-refractivity contribution in [2.75, 3.05) is 23.3 Å². The van der Waals surface area contributed by atoms with E-state index in [9.17, 15) is 9.59 Å². The molecule has 1 amide bonds. The van der Waals surface area contributed by atoms with Crippen molar-refractivity contribution in [3.63, 3.8) is 0 Å². The molecule has 0 spiro atoms. The van der Waals surface area contributed by atoms with E-state index >= 15 is 0 Å². The molecule has 3 aromatic rings. The van der Waals surface area contributed by atoms with Crippen LogP contribution in [0.3, 0.4) is 0 Å². The molecule has 160 valence electrons. The van der Waals surface area contributed by atoms with Crippen LogP contribution in [0.1, 0.15) is 50.6 Å². The van der Waals surface area contributed by atoms with Gasteiger partial charge in [-0.2, -0.15) is 0 Å². The maximum atomic E-state index is 12.3.